The summed E-state index contributed by atoms with van der Waals surface area (Å²) in [6.07, 6.45) is 2.61. The van der Waals surface area contributed by atoms with E-state index in [4.69, 9.17) is 27.9 Å². The number of fused-ring (bicyclic) bond motifs is 1. The van der Waals surface area contributed by atoms with Crippen molar-refractivity contribution in [3.05, 3.63) is 52.0 Å². The van der Waals surface area contributed by atoms with E-state index in [0.29, 0.717) is 36.4 Å². The highest BCUT2D eigenvalue weighted by Crippen LogP contribution is 2.51. The number of amides is 1. The molecule has 1 aliphatic heterocycles. The van der Waals surface area contributed by atoms with Crippen LogP contribution in [-0.2, 0) is 19.4 Å². The molecule has 1 saturated carbocycles. The molecule has 32 heavy (non-hydrogen) atoms. The molecule has 0 bridgehead atoms. The molecule has 0 aromatic heterocycles. The van der Waals surface area contributed by atoms with Crippen LogP contribution in [0.3, 0.4) is 0 Å². The van der Waals surface area contributed by atoms with Crippen LogP contribution in [0.15, 0.2) is 41.3 Å². The minimum atomic E-state index is -3.79. The van der Waals surface area contributed by atoms with Gasteiger partial charge >= 0.3 is 0 Å². The molecule has 0 unspecified atom stereocenters. The Morgan fingerprint density at radius 2 is 1.66 bits per heavy atom. The van der Waals surface area contributed by atoms with Crippen LogP contribution < -0.4 is 9.64 Å². The molecule has 0 spiro atoms. The van der Waals surface area contributed by atoms with Crippen molar-refractivity contribution in [2.24, 2.45) is 5.41 Å². The van der Waals surface area contributed by atoms with Gasteiger partial charge in [0.05, 0.1) is 16.0 Å². The Hall–Kier alpha value is -1.76. The molecule has 1 aliphatic carbocycles. The summed E-state index contributed by atoms with van der Waals surface area (Å²) in [6, 6.07) is 9.89. The lowest BCUT2D eigenvalue weighted by Gasteiger charge is -2.31. The van der Waals surface area contributed by atoms with E-state index in [0.717, 1.165) is 12.8 Å². The van der Waals surface area contributed by atoms with Gasteiger partial charge in [0.15, 0.2) is 9.84 Å². The van der Waals surface area contributed by atoms with Crippen LogP contribution in [0.1, 0.15) is 52.0 Å². The monoisotopic (exact) mass is 495 g/mol. The van der Waals surface area contributed by atoms with Crippen LogP contribution in [0.4, 0.5) is 5.69 Å². The van der Waals surface area contributed by atoms with Crippen molar-refractivity contribution in [3.63, 3.8) is 0 Å². The molecule has 172 valence electrons. The summed E-state index contributed by atoms with van der Waals surface area (Å²) in [4.78, 5) is 14.8. The Morgan fingerprint density at radius 1 is 1.03 bits per heavy atom. The normalized spacial score (nSPS) is 19.9. The highest BCUT2D eigenvalue weighted by molar-refractivity contribution is 7.92. The van der Waals surface area contributed by atoms with Crippen molar-refractivity contribution in [2.75, 3.05) is 18.1 Å². The van der Waals surface area contributed by atoms with Crippen LogP contribution >= 0.6 is 23.2 Å². The van der Waals surface area contributed by atoms with E-state index in [1.807, 2.05) is 39.0 Å². The van der Waals surface area contributed by atoms with Crippen molar-refractivity contribution in [2.45, 2.75) is 56.1 Å². The number of carbonyl (C=O) groups is 1. The van der Waals surface area contributed by atoms with Gasteiger partial charge in [-0.2, -0.15) is 0 Å². The van der Waals surface area contributed by atoms with E-state index in [-0.39, 0.29) is 27.5 Å². The SMILES string of the molecule is CCN1C(=O)C(C)(C)COc2cc(C3(S(=O)(=O)c4cc(Cl)cc(Cl)c4)CCCC3)ccc21. The van der Waals surface area contributed by atoms with E-state index in [9.17, 15) is 13.2 Å². The number of rotatable bonds is 4. The zero-order valence-corrected chi connectivity index (χ0v) is 20.8. The van der Waals surface area contributed by atoms with E-state index in [1.165, 1.54) is 18.2 Å². The highest BCUT2D eigenvalue weighted by Gasteiger charge is 2.49. The standard InChI is InChI=1S/C24H27Cl2NO4S/c1-4-27-20-8-7-16(11-21(20)31-15-23(2,3)22(27)28)24(9-5-6-10-24)32(29,30)19-13-17(25)12-18(26)14-19/h7-8,11-14H,4-6,9-10,15H2,1-3H3. The molecular formula is C24H27Cl2NO4S. The highest BCUT2D eigenvalue weighted by atomic mass is 35.5. The van der Waals surface area contributed by atoms with Crippen molar-refractivity contribution in [1.82, 2.24) is 0 Å². The van der Waals surface area contributed by atoms with Crippen molar-refractivity contribution in [3.8, 4) is 5.75 Å². The summed E-state index contributed by atoms with van der Waals surface area (Å²) >= 11 is 12.3. The Labute approximate surface area is 199 Å². The number of carbonyl (C=O) groups excluding carboxylic acids is 1. The quantitative estimate of drug-likeness (QED) is 0.520. The number of benzene rings is 2. The number of anilines is 1. The molecule has 5 nitrogen and oxygen atoms in total. The summed E-state index contributed by atoms with van der Waals surface area (Å²) in [6.45, 7) is 6.36. The predicted octanol–water partition coefficient (Wildman–Crippen LogP) is 6.01. The maximum atomic E-state index is 14.0. The van der Waals surface area contributed by atoms with Crippen molar-refractivity contribution in [1.29, 1.82) is 0 Å². The third kappa shape index (κ3) is 3.70. The summed E-state index contributed by atoms with van der Waals surface area (Å²) < 4.78 is 32.9. The zero-order chi connectivity index (χ0) is 23.3. The number of hydrogen-bond donors (Lipinski definition) is 0. The smallest absolute Gasteiger partial charge is 0.236 e. The van der Waals surface area contributed by atoms with Gasteiger partial charge in [-0.15, -0.1) is 0 Å². The van der Waals surface area contributed by atoms with Gasteiger partial charge in [-0.25, -0.2) is 8.42 Å². The van der Waals surface area contributed by atoms with Gasteiger partial charge < -0.3 is 9.64 Å². The molecule has 2 aromatic rings. The first-order valence-electron chi connectivity index (χ1n) is 10.8. The third-order valence-electron chi connectivity index (χ3n) is 6.58. The summed E-state index contributed by atoms with van der Waals surface area (Å²) in [5, 5.41) is 0.572. The molecule has 0 N–H and O–H groups in total. The molecule has 1 fully saturated rings. The molecule has 1 heterocycles. The maximum absolute atomic E-state index is 14.0. The van der Waals surface area contributed by atoms with Gasteiger partial charge in [-0.3, -0.25) is 4.79 Å². The van der Waals surface area contributed by atoms with Crippen LogP contribution in [0.2, 0.25) is 10.0 Å². The molecule has 0 saturated heterocycles. The molecule has 8 heteroatoms. The average molecular weight is 496 g/mol. The van der Waals surface area contributed by atoms with Gasteiger partial charge in [-0.1, -0.05) is 42.1 Å². The van der Waals surface area contributed by atoms with Crippen LogP contribution in [0.25, 0.3) is 0 Å². The summed E-state index contributed by atoms with van der Waals surface area (Å²) in [7, 11) is -3.79. The zero-order valence-electron chi connectivity index (χ0n) is 18.5. The predicted molar refractivity (Wildman–Crippen MR) is 128 cm³/mol. The van der Waals surface area contributed by atoms with Crippen LogP contribution in [-0.4, -0.2) is 27.5 Å². The third-order valence-corrected chi connectivity index (χ3v) is 9.54. The fourth-order valence-corrected chi connectivity index (χ4v) is 7.75. The average Bonchev–Trinajstić information content (AvgIpc) is 3.21. The van der Waals surface area contributed by atoms with E-state index >= 15 is 0 Å². The van der Waals surface area contributed by atoms with Gasteiger partial charge in [0.25, 0.3) is 0 Å². The minimum absolute atomic E-state index is 0.0109. The number of hydrogen-bond acceptors (Lipinski definition) is 4. The Kier molecular flexibility index (Phi) is 6.02. The molecule has 0 atom stereocenters. The second kappa shape index (κ2) is 8.23. The van der Waals surface area contributed by atoms with Gasteiger partial charge in [-0.05, 0) is 69.5 Å². The maximum Gasteiger partial charge on any atom is 0.236 e. The van der Waals surface area contributed by atoms with E-state index < -0.39 is 20.0 Å². The van der Waals surface area contributed by atoms with Crippen LogP contribution in [0.5, 0.6) is 5.75 Å². The molecule has 2 aromatic carbocycles. The largest absolute Gasteiger partial charge is 0.490 e. The molecule has 1 amide bonds. The first-order valence-corrected chi connectivity index (χ1v) is 13.1. The Balaban J connectivity index is 1.86. The Morgan fingerprint density at radius 3 is 2.25 bits per heavy atom. The van der Waals surface area contributed by atoms with Crippen LogP contribution in [0, 0.1) is 5.41 Å². The fourth-order valence-electron chi connectivity index (χ4n) is 4.81. The lowest BCUT2D eigenvalue weighted by atomic mass is 9.93. The molecular weight excluding hydrogens is 469 g/mol. The molecule has 2 aliphatic rings. The number of halogens is 2. The van der Waals surface area contributed by atoms with E-state index in [2.05, 4.69) is 0 Å². The summed E-state index contributed by atoms with van der Waals surface area (Å²) in [5.74, 6) is 0.525. The van der Waals surface area contributed by atoms with Gasteiger partial charge in [0.1, 0.15) is 17.1 Å². The number of nitrogens with zero attached hydrogens (tertiary/aromatic N) is 1. The fraction of sp³-hybridized carbons (Fsp3) is 0.458. The second-order valence-corrected chi connectivity index (χ2v) is 12.3. The minimum Gasteiger partial charge on any atom is -0.490 e. The van der Waals surface area contributed by atoms with Gasteiger partial charge in [0, 0.05) is 16.6 Å². The first-order chi connectivity index (χ1) is 15.0. The number of ether oxygens (including phenoxy) is 1. The topological polar surface area (TPSA) is 63.7 Å². The molecule has 0 radical (unpaired) electrons. The lowest BCUT2D eigenvalue weighted by molar-refractivity contribution is -0.127. The van der Waals surface area contributed by atoms with Gasteiger partial charge in [0.2, 0.25) is 5.91 Å². The second-order valence-electron chi connectivity index (χ2n) is 9.21. The van der Waals surface area contributed by atoms with E-state index in [1.54, 1.807) is 4.90 Å². The molecule has 4 rings (SSSR count). The lowest BCUT2D eigenvalue weighted by Crippen LogP contribution is -2.42. The first kappa shape index (κ1) is 23.4. The number of sulfone groups is 1. The Bertz CT molecular complexity index is 1150. The summed E-state index contributed by atoms with van der Waals surface area (Å²) in [5.41, 5.74) is 0.667. The van der Waals surface area contributed by atoms with Crippen molar-refractivity contribution >= 4 is 44.6 Å². The van der Waals surface area contributed by atoms with Crippen molar-refractivity contribution < 1.29 is 17.9 Å².